The predicted octanol–water partition coefficient (Wildman–Crippen LogP) is 1.13. The number of benzene rings is 1. The first-order valence-electron chi connectivity index (χ1n) is 3.82. The van der Waals surface area contributed by atoms with Crippen LogP contribution in [-0.4, -0.2) is 17.4 Å². The molecule has 0 aliphatic heterocycles. The quantitative estimate of drug-likeness (QED) is 0.719. The standard InChI is InChI=1S/C8H10BClO3/c1-6-2-3-7(4-8(6)10)5-13-9(11)12/h2-4,11-12H,5H2,1H3. The Morgan fingerprint density at radius 1 is 1.46 bits per heavy atom. The summed E-state index contributed by atoms with van der Waals surface area (Å²) in [5.74, 6) is 0. The molecule has 0 spiro atoms. The zero-order chi connectivity index (χ0) is 9.84. The Morgan fingerprint density at radius 2 is 2.15 bits per heavy atom. The molecule has 0 saturated heterocycles. The third-order valence-corrected chi connectivity index (χ3v) is 2.04. The van der Waals surface area contributed by atoms with Crippen LogP contribution in [-0.2, 0) is 11.3 Å². The molecule has 0 saturated carbocycles. The lowest BCUT2D eigenvalue weighted by molar-refractivity contribution is 0.177. The maximum Gasteiger partial charge on any atom is 0.634 e. The van der Waals surface area contributed by atoms with Gasteiger partial charge in [0.15, 0.2) is 0 Å². The van der Waals surface area contributed by atoms with Gasteiger partial charge in [0.2, 0.25) is 0 Å². The predicted molar refractivity (Wildman–Crippen MR) is 51.2 cm³/mol. The molecule has 0 aromatic heterocycles. The van der Waals surface area contributed by atoms with Gasteiger partial charge in [0.25, 0.3) is 0 Å². The molecule has 0 atom stereocenters. The number of hydrogen-bond donors (Lipinski definition) is 2. The normalized spacial score (nSPS) is 10.2. The molecule has 5 heteroatoms. The van der Waals surface area contributed by atoms with Crippen molar-refractivity contribution in [2.45, 2.75) is 13.5 Å². The molecule has 70 valence electrons. The summed E-state index contributed by atoms with van der Waals surface area (Å²) in [6.45, 7) is 2.03. The molecule has 3 nitrogen and oxygen atoms in total. The van der Waals surface area contributed by atoms with Gasteiger partial charge in [0.05, 0.1) is 6.61 Å². The molecule has 0 unspecified atom stereocenters. The second kappa shape index (κ2) is 4.62. The monoisotopic (exact) mass is 200 g/mol. The fraction of sp³-hybridized carbons (Fsp3) is 0.250. The molecule has 0 aliphatic carbocycles. The number of halogens is 1. The van der Waals surface area contributed by atoms with Gasteiger partial charge in [0.1, 0.15) is 0 Å². The minimum Gasteiger partial charge on any atom is -0.402 e. The van der Waals surface area contributed by atoms with Gasteiger partial charge >= 0.3 is 7.32 Å². The fourth-order valence-corrected chi connectivity index (χ4v) is 1.10. The van der Waals surface area contributed by atoms with Crippen LogP contribution in [0.3, 0.4) is 0 Å². The maximum atomic E-state index is 8.44. The lowest BCUT2D eigenvalue weighted by Gasteiger charge is -2.04. The minimum absolute atomic E-state index is 0.137. The Labute approximate surface area is 82.1 Å². The molecule has 0 heterocycles. The van der Waals surface area contributed by atoms with Crippen molar-refractivity contribution >= 4 is 18.9 Å². The molecule has 13 heavy (non-hydrogen) atoms. The highest BCUT2D eigenvalue weighted by Gasteiger charge is 2.08. The zero-order valence-electron chi connectivity index (χ0n) is 7.20. The van der Waals surface area contributed by atoms with Crippen LogP contribution in [0.2, 0.25) is 5.02 Å². The van der Waals surface area contributed by atoms with Crippen LogP contribution in [0.5, 0.6) is 0 Å². The maximum absolute atomic E-state index is 8.44. The van der Waals surface area contributed by atoms with Gasteiger partial charge in [-0.05, 0) is 24.1 Å². The van der Waals surface area contributed by atoms with Crippen LogP contribution in [0.4, 0.5) is 0 Å². The van der Waals surface area contributed by atoms with Crippen LogP contribution >= 0.6 is 11.6 Å². The van der Waals surface area contributed by atoms with E-state index in [1.807, 2.05) is 19.1 Å². The number of hydrogen-bond acceptors (Lipinski definition) is 3. The Bertz CT molecular complexity index is 291. The van der Waals surface area contributed by atoms with E-state index < -0.39 is 7.32 Å². The summed E-state index contributed by atoms with van der Waals surface area (Å²) in [4.78, 5) is 0. The van der Waals surface area contributed by atoms with Gasteiger partial charge in [-0.3, -0.25) is 0 Å². The van der Waals surface area contributed by atoms with E-state index in [0.717, 1.165) is 11.1 Å². The molecule has 1 aromatic rings. The molecule has 1 aromatic carbocycles. The second-order valence-electron chi connectivity index (χ2n) is 2.72. The van der Waals surface area contributed by atoms with E-state index in [1.165, 1.54) is 0 Å². The van der Waals surface area contributed by atoms with Crippen LogP contribution in [0.15, 0.2) is 18.2 Å². The van der Waals surface area contributed by atoms with Crippen molar-refractivity contribution < 1.29 is 14.7 Å². The summed E-state index contributed by atoms with van der Waals surface area (Å²) < 4.78 is 4.58. The third-order valence-electron chi connectivity index (χ3n) is 1.64. The first kappa shape index (κ1) is 10.5. The van der Waals surface area contributed by atoms with Crippen LogP contribution in [0.1, 0.15) is 11.1 Å². The van der Waals surface area contributed by atoms with E-state index in [2.05, 4.69) is 4.65 Å². The van der Waals surface area contributed by atoms with Gasteiger partial charge in [0, 0.05) is 5.02 Å². The number of aryl methyl sites for hydroxylation is 1. The van der Waals surface area contributed by atoms with Crippen molar-refractivity contribution in [2.75, 3.05) is 0 Å². The van der Waals surface area contributed by atoms with Crippen molar-refractivity contribution in [3.8, 4) is 0 Å². The van der Waals surface area contributed by atoms with E-state index in [0.29, 0.717) is 5.02 Å². The molecule has 1 rings (SSSR count). The topological polar surface area (TPSA) is 49.7 Å². The second-order valence-corrected chi connectivity index (χ2v) is 3.13. The summed E-state index contributed by atoms with van der Waals surface area (Å²) in [5.41, 5.74) is 1.79. The Kier molecular flexibility index (Phi) is 3.75. The largest absolute Gasteiger partial charge is 0.634 e. The lowest BCUT2D eigenvalue weighted by Crippen LogP contribution is -2.16. The summed E-state index contributed by atoms with van der Waals surface area (Å²) in [5, 5.41) is 17.5. The summed E-state index contributed by atoms with van der Waals surface area (Å²) in [7, 11) is -1.74. The Morgan fingerprint density at radius 3 is 2.69 bits per heavy atom. The lowest BCUT2D eigenvalue weighted by atomic mass is 10.1. The highest BCUT2D eigenvalue weighted by Crippen LogP contribution is 2.17. The fourth-order valence-electron chi connectivity index (χ4n) is 0.897. The molecule has 2 N–H and O–H groups in total. The Hall–Kier alpha value is -0.545. The molecule has 0 fully saturated rings. The zero-order valence-corrected chi connectivity index (χ0v) is 7.95. The Balaban J connectivity index is 2.63. The van der Waals surface area contributed by atoms with Crippen molar-refractivity contribution in [3.05, 3.63) is 34.3 Å². The van der Waals surface area contributed by atoms with E-state index in [4.69, 9.17) is 21.6 Å². The van der Waals surface area contributed by atoms with Crippen LogP contribution in [0, 0.1) is 6.92 Å². The molecule has 0 amide bonds. The van der Waals surface area contributed by atoms with Crippen LogP contribution < -0.4 is 0 Å². The van der Waals surface area contributed by atoms with Gasteiger partial charge in [-0.15, -0.1) is 0 Å². The van der Waals surface area contributed by atoms with Crippen molar-refractivity contribution in [1.29, 1.82) is 0 Å². The van der Waals surface area contributed by atoms with Crippen molar-refractivity contribution in [1.82, 2.24) is 0 Å². The number of rotatable bonds is 3. The van der Waals surface area contributed by atoms with E-state index in [9.17, 15) is 0 Å². The first-order valence-corrected chi connectivity index (χ1v) is 4.20. The van der Waals surface area contributed by atoms with Crippen molar-refractivity contribution in [3.63, 3.8) is 0 Å². The molecule has 0 bridgehead atoms. The van der Waals surface area contributed by atoms with Gasteiger partial charge < -0.3 is 14.7 Å². The van der Waals surface area contributed by atoms with Crippen LogP contribution in [0.25, 0.3) is 0 Å². The average molecular weight is 200 g/mol. The van der Waals surface area contributed by atoms with E-state index in [-0.39, 0.29) is 6.61 Å². The van der Waals surface area contributed by atoms with Crippen molar-refractivity contribution in [2.24, 2.45) is 0 Å². The van der Waals surface area contributed by atoms with Gasteiger partial charge in [-0.25, -0.2) is 0 Å². The van der Waals surface area contributed by atoms with Gasteiger partial charge in [-0.1, -0.05) is 23.7 Å². The molecule has 0 radical (unpaired) electrons. The first-order chi connectivity index (χ1) is 6.09. The summed E-state index contributed by atoms with van der Waals surface area (Å²) >= 11 is 5.85. The third kappa shape index (κ3) is 3.36. The molecular weight excluding hydrogens is 190 g/mol. The molecular formula is C8H10BClO3. The highest BCUT2D eigenvalue weighted by molar-refractivity contribution is 6.32. The average Bonchev–Trinajstić information content (AvgIpc) is 2.07. The SMILES string of the molecule is Cc1ccc(COB(O)O)cc1Cl. The van der Waals surface area contributed by atoms with Gasteiger partial charge in [-0.2, -0.15) is 0 Å². The highest BCUT2D eigenvalue weighted by atomic mass is 35.5. The minimum atomic E-state index is -1.74. The van der Waals surface area contributed by atoms with E-state index in [1.54, 1.807) is 6.07 Å². The summed E-state index contributed by atoms with van der Waals surface area (Å²) in [6.07, 6.45) is 0. The summed E-state index contributed by atoms with van der Waals surface area (Å²) in [6, 6.07) is 5.41. The molecule has 0 aliphatic rings. The van der Waals surface area contributed by atoms with E-state index >= 15 is 0 Å². The smallest absolute Gasteiger partial charge is 0.402 e.